The molecule has 0 spiro atoms. The summed E-state index contributed by atoms with van der Waals surface area (Å²) < 4.78 is 6.76. The second-order valence-corrected chi connectivity index (χ2v) is 4.86. The molecule has 3 aromatic rings. The van der Waals surface area contributed by atoms with Gasteiger partial charge in [0.25, 0.3) is 0 Å². The number of pyridine rings is 1. The molecule has 0 aliphatic rings. The summed E-state index contributed by atoms with van der Waals surface area (Å²) in [6.45, 7) is 0. The van der Waals surface area contributed by atoms with Crippen LogP contribution in [0.3, 0.4) is 0 Å². The number of ketones is 1. The first kappa shape index (κ1) is 14.5. The van der Waals surface area contributed by atoms with Crippen LogP contribution < -0.4 is 4.74 Å². The van der Waals surface area contributed by atoms with Gasteiger partial charge in [-0.2, -0.15) is 10.4 Å². The molecule has 0 N–H and O–H groups in total. The van der Waals surface area contributed by atoms with Crippen molar-refractivity contribution in [3.8, 4) is 11.8 Å². The summed E-state index contributed by atoms with van der Waals surface area (Å²) in [5, 5.41) is 13.5. The van der Waals surface area contributed by atoms with Gasteiger partial charge in [0.15, 0.2) is 0 Å². The Balaban J connectivity index is 1.98. The lowest BCUT2D eigenvalue weighted by Crippen LogP contribution is -2.01. The van der Waals surface area contributed by atoms with Gasteiger partial charge >= 0.3 is 0 Å². The molecule has 0 unspecified atom stereocenters. The Morgan fingerprint density at radius 3 is 2.74 bits per heavy atom. The van der Waals surface area contributed by atoms with Gasteiger partial charge in [0.1, 0.15) is 17.4 Å². The molecule has 2 heterocycles. The quantitative estimate of drug-likeness (QED) is 0.422. The predicted molar refractivity (Wildman–Crippen MR) is 86.1 cm³/mol. The number of aromatic nitrogens is 2. The molecule has 0 saturated carbocycles. The van der Waals surface area contributed by atoms with Crippen LogP contribution in [0.2, 0.25) is 0 Å². The van der Waals surface area contributed by atoms with E-state index in [0.29, 0.717) is 11.3 Å². The fraction of sp³-hybridized carbons (Fsp3) is 0.0556. The molecule has 3 rings (SSSR count). The molecule has 0 atom stereocenters. The lowest BCUT2D eigenvalue weighted by molar-refractivity contribution is 0.104. The summed E-state index contributed by atoms with van der Waals surface area (Å²) in [5.74, 6) is 0.331. The third-order valence-corrected chi connectivity index (χ3v) is 3.47. The second kappa shape index (κ2) is 6.16. The number of carbonyl (C=O) groups is 1. The third kappa shape index (κ3) is 2.83. The summed E-state index contributed by atoms with van der Waals surface area (Å²) in [4.78, 5) is 12.5. The summed E-state index contributed by atoms with van der Waals surface area (Å²) in [7, 11) is 1.56. The maximum absolute atomic E-state index is 12.5. The van der Waals surface area contributed by atoms with Crippen LogP contribution in [0.15, 0.2) is 60.4 Å². The second-order valence-electron chi connectivity index (χ2n) is 4.86. The van der Waals surface area contributed by atoms with Gasteiger partial charge in [-0.3, -0.25) is 4.79 Å². The zero-order valence-electron chi connectivity index (χ0n) is 12.4. The zero-order valence-corrected chi connectivity index (χ0v) is 12.4. The Kier molecular flexibility index (Phi) is 3.89. The van der Waals surface area contributed by atoms with Crippen LogP contribution in [0.25, 0.3) is 11.6 Å². The zero-order chi connectivity index (χ0) is 16.2. The number of rotatable bonds is 4. The van der Waals surface area contributed by atoms with Gasteiger partial charge in [0.2, 0.25) is 5.78 Å². The first-order chi connectivity index (χ1) is 11.2. The molecular formula is C18H13N3O2. The molecule has 0 amide bonds. The molecule has 23 heavy (non-hydrogen) atoms. The number of hydrogen-bond acceptors (Lipinski definition) is 4. The predicted octanol–water partition coefficient (Wildman–Crippen LogP) is 3.13. The highest BCUT2D eigenvalue weighted by Crippen LogP contribution is 2.18. The molecule has 1 aromatic carbocycles. The minimum Gasteiger partial charge on any atom is -0.497 e. The molecule has 2 aromatic heterocycles. The third-order valence-electron chi connectivity index (χ3n) is 3.47. The van der Waals surface area contributed by atoms with E-state index in [0.717, 1.165) is 11.1 Å². The standard InChI is InChI=1S/C18H13N3O2/c1-23-16-7-5-13(6-8-16)18(22)14(11-19)10-15-12-20-21-9-3-2-4-17(15)21/h2-10,12H,1H3. The number of fused-ring (bicyclic) bond motifs is 1. The topological polar surface area (TPSA) is 67.4 Å². The van der Waals surface area contributed by atoms with Crippen molar-refractivity contribution in [2.45, 2.75) is 0 Å². The van der Waals surface area contributed by atoms with Crippen LogP contribution in [-0.4, -0.2) is 22.5 Å². The molecule has 0 radical (unpaired) electrons. The van der Waals surface area contributed by atoms with E-state index in [1.165, 1.54) is 0 Å². The van der Waals surface area contributed by atoms with E-state index in [9.17, 15) is 10.1 Å². The Labute approximate surface area is 133 Å². The average Bonchev–Trinajstić information content (AvgIpc) is 3.02. The molecule has 0 bridgehead atoms. The van der Waals surface area contributed by atoms with E-state index in [1.54, 1.807) is 48.2 Å². The van der Waals surface area contributed by atoms with Crippen molar-refractivity contribution in [3.63, 3.8) is 0 Å². The highest BCUT2D eigenvalue weighted by molar-refractivity contribution is 6.14. The number of methoxy groups -OCH3 is 1. The van der Waals surface area contributed by atoms with Gasteiger partial charge in [-0.1, -0.05) is 6.07 Å². The van der Waals surface area contributed by atoms with Crippen molar-refractivity contribution in [3.05, 3.63) is 71.6 Å². The van der Waals surface area contributed by atoms with Crippen LogP contribution in [0, 0.1) is 11.3 Å². The number of Topliss-reactive ketones (excluding diaryl/α,β-unsaturated/α-hetero) is 1. The van der Waals surface area contributed by atoms with Crippen LogP contribution >= 0.6 is 0 Å². The fourth-order valence-corrected chi connectivity index (χ4v) is 2.27. The average molecular weight is 303 g/mol. The maximum Gasteiger partial charge on any atom is 0.203 e. The lowest BCUT2D eigenvalue weighted by Gasteiger charge is -2.02. The Bertz CT molecular complexity index is 931. The largest absolute Gasteiger partial charge is 0.497 e. The van der Waals surface area contributed by atoms with Crippen LogP contribution in [0.4, 0.5) is 0 Å². The van der Waals surface area contributed by atoms with Crippen molar-refractivity contribution >= 4 is 17.4 Å². The van der Waals surface area contributed by atoms with Crippen molar-refractivity contribution in [2.24, 2.45) is 0 Å². The van der Waals surface area contributed by atoms with Gasteiger partial charge < -0.3 is 4.74 Å². The molecule has 5 heteroatoms. The molecule has 0 fully saturated rings. The smallest absolute Gasteiger partial charge is 0.203 e. The maximum atomic E-state index is 12.5. The van der Waals surface area contributed by atoms with Crippen LogP contribution in [0.5, 0.6) is 5.75 Å². The van der Waals surface area contributed by atoms with E-state index >= 15 is 0 Å². The summed E-state index contributed by atoms with van der Waals surface area (Å²) in [6, 6.07) is 14.3. The Hall–Kier alpha value is -3.39. The highest BCUT2D eigenvalue weighted by Gasteiger charge is 2.13. The van der Waals surface area contributed by atoms with E-state index in [4.69, 9.17) is 4.74 Å². The van der Waals surface area contributed by atoms with Gasteiger partial charge in [-0.15, -0.1) is 0 Å². The SMILES string of the molecule is COc1ccc(C(=O)C(C#N)=Cc2cnn3ccccc23)cc1. The lowest BCUT2D eigenvalue weighted by atomic mass is 10.0. The Morgan fingerprint density at radius 2 is 2.04 bits per heavy atom. The molecular weight excluding hydrogens is 290 g/mol. The number of ether oxygens (including phenoxy) is 1. The van der Waals surface area contributed by atoms with Gasteiger partial charge in [-0.25, -0.2) is 4.52 Å². The highest BCUT2D eigenvalue weighted by atomic mass is 16.5. The molecule has 5 nitrogen and oxygen atoms in total. The molecule has 0 saturated heterocycles. The van der Waals surface area contributed by atoms with E-state index in [1.807, 2.05) is 30.5 Å². The fourth-order valence-electron chi connectivity index (χ4n) is 2.27. The number of allylic oxidation sites excluding steroid dienone is 1. The van der Waals surface area contributed by atoms with Crippen molar-refractivity contribution in [2.75, 3.05) is 7.11 Å². The van der Waals surface area contributed by atoms with Crippen LogP contribution in [-0.2, 0) is 0 Å². The molecule has 0 aliphatic carbocycles. The summed E-state index contributed by atoms with van der Waals surface area (Å²) in [5.41, 5.74) is 2.07. The molecule has 112 valence electrons. The minimum atomic E-state index is -0.328. The van der Waals surface area contributed by atoms with Gasteiger partial charge in [-0.05, 0) is 42.5 Å². The first-order valence-electron chi connectivity index (χ1n) is 6.96. The number of nitrogens with zero attached hydrogens (tertiary/aromatic N) is 3. The number of nitriles is 1. The van der Waals surface area contributed by atoms with Crippen LogP contribution in [0.1, 0.15) is 15.9 Å². The van der Waals surface area contributed by atoms with Gasteiger partial charge in [0, 0.05) is 17.3 Å². The van der Waals surface area contributed by atoms with E-state index in [2.05, 4.69) is 5.10 Å². The Morgan fingerprint density at radius 1 is 1.26 bits per heavy atom. The van der Waals surface area contributed by atoms with E-state index < -0.39 is 0 Å². The number of carbonyl (C=O) groups excluding carboxylic acids is 1. The summed E-state index contributed by atoms with van der Waals surface area (Å²) in [6.07, 6.45) is 5.01. The summed E-state index contributed by atoms with van der Waals surface area (Å²) >= 11 is 0. The minimum absolute atomic E-state index is 0.0638. The monoisotopic (exact) mass is 303 g/mol. The first-order valence-corrected chi connectivity index (χ1v) is 6.96. The van der Waals surface area contributed by atoms with Crippen molar-refractivity contribution in [1.29, 1.82) is 5.26 Å². The van der Waals surface area contributed by atoms with Gasteiger partial charge in [0.05, 0.1) is 18.8 Å². The number of hydrogen-bond donors (Lipinski definition) is 0. The van der Waals surface area contributed by atoms with E-state index in [-0.39, 0.29) is 11.4 Å². The molecule has 0 aliphatic heterocycles. The van der Waals surface area contributed by atoms with Crippen molar-refractivity contribution in [1.82, 2.24) is 9.61 Å². The van der Waals surface area contributed by atoms with Crippen molar-refractivity contribution < 1.29 is 9.53 Å². The normalized spacial score (nSPS) is 11.2. The number of benzene rings is 1.